The molecule has 1 aliphatic heterocycles. The van der Waals surface area contributed by atoms with E-state index in [1.807, 2.05) is 32.0 Å². The molecule has 1 unspecified atom stereocenters. The zero-order valence-electron chi connectivity index (χ0n) is 13.6. The van der Waals surface area contributed by atoms with Gasteiger partial charge in [0.15, 0.2) is 0 Å². The predicted octanol–water partition coefficient (Wildman–Crippen LogP) is 3.89. The number of anilines is 2. The quantitative estimate of drug-likeness (QED) is 0.888. The number of carbonyl (C=O) groups is 1. The van der Waals surface area contributed by atoms with E-state index in [9.17, 15) is 4.79 Å². The van der Waals surface area contributed by atoms with Crippen LogP contribution in [0.5, 0.6) is 5.75 Å². The highest BCUT2D eigenvalue weighted by atomic mass is 16.5. The van der Waals surface area contributed by atoms with Gasteiger partial charge in [0.2, 0.25) is 5.91 Å². The predicted molar refractivity (Wildman–Crippen MR) is 86.9 cm³/mol. The van der Waals surface area contributed by atoms with Gasteiger partial charge in [-0.25, -0.2) is 0 Å². The van der Waals surface area contributed by atoms with Gasteiger partial charge in [-0.15, -0.1) is 0 Å². The molecule has 0 fully saturated rings. The Bertz CT molecular complexity index is 518. The number of hydrogen-bond acceptors (Lipinski definition) is 3. The molecule has 1 amide bonds. The van der Waals surface area contributed by atoms with Gasteiger partial charge in [-0.2, -0.15) is 0 Å². The second-order valence-corrected chi connectivity index (χ2v) is 7.18. The third kappa shape index (κ3) is 4.13. The summed E-state index contributed by atoms with van der Waals surface area (Å²) in [5.74, 6) is 0.750. The highest BCUT2D eigenvalue weighted by Gasteiger charge is 2.29. The molecule has 2 N–H and O–H groups in total. The van der Waals surface area contributed by atoms with Crippen LogP contribution >= 0.6 is 0 Å². The third-order valence-electron chi connectivity index (χ3n) is 3.41. The van der Waals surface area contributed by atoms with Crippen LogP contribution in [0.4, 0.5) is 11.4 Å². The number of carbonyl (C=O) groups excluding carboxylic acids is 1. The van der Waals surface area contributed by atoms with E-state index >= 15 is 0 Å². The van der Waals surface area contributed by atoms with Gasteiger partial charge in [0.25, 0.3) is 0 Å². The number of hydrogen-bond donors (Lipinski definition) is 2. The molecule has 0 aliphatic carbocycles. The fourth-order valence-electron chi connectivity index (χ4n) is 2.61. The van der Waals surface area contributed by atoms with E-state index in [4.69, 9.17) is 4.74 Å². The molecule has 116 valence electrons. The Morgan fingerprint density at radius 1 is 1.33 bits per heavy atom. The molecule has 4 heteroatoms. The maximum Gasteiger partial charge on any atom is 0.229 e. The summed E-state index contributed by atoms with van der Waals surface area (Å²) in [5.41, 5.74) is 1.81. The molecule has 0 saturated heterocycles. The number of nitrogens with one attached hydrogen (secondary N) is 2. The Labute approximate surface area is 127 Å². The van der Waals surface area contributed by atoms with Crippen LogP contribution in [0.1, 0.15) is 41.0 Å². The van der Waals surface area contributed by atoms with Crippen LogP contribution in [0.25, 0.3) is 0 Å². The second kappa shape index (κ2) is 5.96. The van der Waals surface area contributed by atoms with Gasteiger partial charge in [-0.1, -0.05) is 26.8 Å². The molecule has 21 heavy (non-hydrogen) atoms. The molecular weight excluding hydrogens is 264 g/mol. The molecule has 1 aromatic carbocycles. The number of fused-ring (bicyclic) bond motifs is 1. The Kier molecular flexibility index (Phi) is 4.45. The van der Waals surface area contributed by atoms with Crippen LogP contribution in [0.2, 0.25) is 0 Å². The Balaban J connectivity index is 2.24. The topological polar surface area (TPSA) is 50.4 Å². The van der Waals surface area contributed by atoms with Gasteiger partial charge in [-0.05, 0) is 37.8 Å². The first-order valence-corrected chi connectivity index (χ1v) is 7.60. The van der Waals surface area contributed by atoms with Crippen molar-refractivity contribution in [2.24, 2.45) is 11.3 Å². The minimum absolute atomic E-state index is 0.0377. The van der Waals surface area contributed by atoms with Crippen LogP contribution < -0.4 is 15.4 Å². The van der Waals surface area contributed by atoms with E-state index in [0.717, 1.165) is 23.5 Å². The van der Waals surface area contributed by atoms with E-state index in [-0.39, 0.29) is 23.3 Å². The minimum Gasteiger partial charge on any atom is -0.489 e. The molecule has 0 bridgehead atoms. The zero-order chi connectivity index (χ0) is 15.6. The van der Waals surface area contributed by atoms with E-state index < -0.39 is 0 Å². The van der Waals surface area contributed by atoms with Gasteiger partial charge in [0.05, 0.1) is 17.7 Å². The van der Waals surface area contributed by atoms with E-state index in [2.05, 4.69) is 31.4 Å². The van der Waals surface area contributed by atoms with Gasteiger partial charge in [-0.3, -0.25) is 4.79 Å². The van der Waals surface area contributed by atoms with Crippen LogP contribution in [0, 0.1) is 11.3 Å². The first kappa shape index (κ1) is 15.7. The highest BCUT2D eigenvalue weighted by molar-refractivity contribution is 5.99. The van der Waals surface area contributed by atoms with Crippen molar-refractivity contribution < 1.29 is 9.53 Å². The van der Waals surface area contributed by atoms with E-state index in [1.54, 1.807) is 0 Å². The summed E-state index contributed by atoms with van der Waals surface area (Å²) in [6, 6.07) is 5.81. The molecule has 1 aromatic rings. The van der Waals surface area contributed by atoms with Crippen molar-refractivity contribution in [3.05, 3.63) is 18.2 Å². The van der Waals surface area contributed by atoms with E-state index in [1.165, 1.54) is 0 Å². The molecule has 0 spiro atoms. The normalized spacial score (nSPS) is 18.6. The first-order valence-electron chi connectivity index (χ1n) is 7.60. The standard InChI is InChI=1S/C17H26N2O2/c1-11(2)21-14-8-6-7-13-15(14)19-16(20)12(10-18-13)9-17(3,4)5/h6-8,11-12,18H,9-10H2,1-5H3,(H,19,20). The van der Waals surface area contributed by atoms with Crippen molar-refractivity contribution in [2.75, 3.05) is 17.2 Å². The maximum absolute atomic E-state index is 12.5. The molecule has 1 heterocycles. The fraction of sp³-hybridized carbons (Fsp3) is 0.588. The molecule has 1 aliphatic rings. The molecule has 1 atom stereocenters. The number of rotatable bonds is 3. The first-order chi connectivity index (χ1) is 9.76. The molecule has 2 rings (SSSR count). The summed E-state index contributed by atoms with van der Waals surface area (Å²) in [5, 5.41) is 6.42. The fourth-order valence-corrected chi connectivity index (χ4v) is 2.61. The molecule has 0 saturated carbocycles. The number of para-hydroxylation sites is 1. The van der Waals surface area contributed by atoms with Crippen LogP contribution in [0.15, 0.2) is 18.2 Å². The second-order valence-electron chi connectivity index (χ2n) is 7.18. The van der Waals surface area contributed by atoms with Gasteiger partial charge >= 0.3 is 0 Å². The monoisotopic (exact) mass is 290 g/mol. The lowest BCUT2D eigenvalue weighted by atomic mass is 9.84. The minimum atomic E-state index is -0.0377. The molecular formula is C17H26N2O2. The van der Waals surface area contributed by atoms with Crippen LogP contribution in [-0.2, 0) is 4.79 Å². The summed E-state index contributed by atoms with van der Waals surface area (Å²) in [6.45, 7) is 11.1. The van der Waals surface area contributed by atoms with Gasteiger partial charge < -0.3 is 15.4 Å². The lowest BCUT2D eigenvalue weighted by Crippen LogP contribution is -2.29. The van der Waals surface area contributed by atoms with Crippen molar-refractivity contribution in [3.63, 3.8) is 0 Å². The lowest BCUT2D eigenvalue weighted by Gasteiger charge is -2.23. The maximum atomic E-state index is 12.5. The number of benzene rings is 1. The van der Waals surface area contributed by atoms with Crippen molar-refractivity contribution in [2.45, 2.75) is 47.1 Å². The lowest BCUT2D eigenvalue weighted by molar-refractivity contribution is -0.120. The molecule has 0 aromatic heterocycles. The van der Waals surface area contributed by atoms with Crippen molar-refractivity contribution >= 4 is 17.3 Å². The average Bonchev–Trinajstić information content (AvgIpc) is 2.49. The summed E-state index contributed by atoms with van der Waals surface area (Å²) in [4.78, 5) is 12.5. The Morgan fingerprint density at radius 3 is 2.67 bits per heavy atom. The SMILES string of the molecule is CC(C)Oc1cccc2c1NC(=O)C(CC(C)(C)C)CN2. The number of ether oxygens (including phenoxy) is 1. The Hall–Kier alpha value is -1.71. The molecule has 0 radical (unpaired) electrons. The summed E-state index contributed by atoms with van der Waals surface area (Å²) in [7, 11) is 0. The zero-order valence-corrected chi connectivity index (χ0v) is 13.6. The van der Waals surface area contributed by atoms with Gasteiger partial charge in [0.1, 0.15) is 11.4 Å². The summed E-state index contributed by atoms with van der Waals surface area (Å²) < 4.78 is 5.80. The highest BCUT2D eigenvalue weighted by Crippen LogP contribution is 2.37. The van der Waals surface area contributed by atoms with Crippen LogP contribution in [-0.4, -0.2) is 18.6 Å². The van der Waals surface area contributed by atoms with Crippen molar-refractivity contribution in [3.8, 4) is 5.75 Å². The average molecular weight is 290 g/mol. The third-order valence-corrected chi connectivity index (χ3v) is 3.41. The molecule has 4 nitrogen and oxygen atoms in total. The Morgan fingerprint density at radius 2 is 2.05 bits per heavy atom. The summed E-state index contributed by atoms with van der Waals surface area (Å²) >= 11 is 0. The smallest absolute Gasteiger partial charge is 0.229 e. The van der Waals surface area contributed by atoms with Gasteiger partial charge in [0, 0.05) is 6.54 Å². The van der Waals surface area contributed by atoms with Crippen LogP contribution in [0.3, 0.4) is 0 Å². The van der Waals surface area contributed by atoms with E-state index in [0.29, 0.717) is 6.54 Å². The summed E-state index contributed by atoms with van der Waals surface area (Å²) in [6.07, 6.45) is 0.919. The van der Waals surface area contributed by atoms with Crippen molar-refractivity contribution in [1.29, 1.82) is 0 Å². The van der Waals surface area contributed by atoms with Crippen molar-refractivity contribution in [1.82, 2.24) is 0 Å². The largest absolute Gasteiger partial charge is 0.489 e. The number of amides is 1.